The van der Waals surface area contributed by atoms with E-state index in [9.17, 15) is 9.59 Å². The predicted molar refractivity (Wildman–Crippen MR) is 111 cm³/mol. The van der Waals surface area contributed by atoms with Gasteiger partial charge in [0.2, 0.25) is 5.91 Å². The number of likely N-dealkylation sites (N-methyl/N-ethyl adjacent to an activating group) is 1. The number of carbonyl (C=O) groups is 2. The number of benzene rings is 1. The molecule has 0 unspecified atom stereocenters. The van der Waals surface area contributed by atoms with Crippen molar-refractivity contribution in [1.82, 2.24) is 24.1 Å². The Balaban J connectivity index is 1.52. The quantitative estimate of drug-likeness (QED) is 0.549. The van der Waals surface area contributed by atoms with E-state index in [1.54, 1.807) is 29.1 Å². The minimum absolute atomic E-state index is 0.0919. The number of anilines is 1. The van der Waals surface area contributed by atoms with Gasteiger partial charge < -0.3 is 14.8 Å². The molecular weight excluding hydrogens is 368 g/mol. The van der Waals surface area contributed by atoms with E-state index in [1.807, 2.05) is 53.8 Å². The molecule has 0 aliphatic rings. The van der Waals surface area contributed by atoms with Crippen LogP contribution in [0.5, 0.6) is 0 Å². The molecule has 8 heteroatoms. The van der Waals surface area contributed by atoms with E-state index >= 15 is 0 Å². The lowest BCUT2D eigenvalue weighted by Crippen LogP contribution is -2.33. The average molecular weight is 390 g/mol. The Labute approximate surface area is 167 Å². The maximum absolute atomic E-state index is 12.6. The van der Waals surface area contributed by atoms with Crippen molar-refractivity contribution in [3.8, 4) is 0 Å². The first-order valence-corrected chi connectivity index (χ1v) is 9.56. The van der Waals surface area contributed by atoms with E-state index in [4.69, 9.17) is 0 Å². The maximum Gasteiger partial charge on any atom is 0.257 e. The second kappa shape index (κ2) is 7.75. The smallest absolute Gasteiger partial charge is 0.257 e. The average Bonchev–Trinajstić information content (AvgIpc) is 3.35. The number of hydrogen-bond donors (Lipinski definition) is 1. The molecule has 1 aromatic carbocycles. The van der Waals surface area contributed by atoms with Crippen molar-refractivity contribution in [3.05, 3.63) is 60.7 Å². The van der Waals surface area contributed by atoms with Crippen LogP contribution in [0.2, 0.25) is 0 Å². The van der Waals surface area contributed by atoms with Gasteiger partial charge >= 0.3 is 0 Å². The summed E-state index contributed by atoms with van der Waals surface area (Å²) in [6, 6.07) is 11.1. The molecule has 4 rings (SSSR count). The second-order valence-corrected chi connectivity index (χ2v) is 6.75. The highest BCUT2D eigenvalue weighted by molar-refractivity contribution is 6.05. The first-order chi connectivity index (χ1) is 14.1. The van der Waals surface area contributed by atoms with Gasteiger partial charge in [0.25, 0.3) is 5.91 Å². The SMILES string of the molecule is CCN(CC)C(=O)Cn1ccc2cc(NC(=O)c3ccc4nncn4c3)ccc21. The maximum atomic E-state index is 12.6. The third-order valence-corrected chi connectivity index (χ3v) is 5.00. The third-order valence-electron chi connectivity index (χ3n) is 5.00. The van der Waals surface area contributed by atoms with E-state index in [1.165, 1.54) is 0 Å². The van der Waals surface area contributed by atoms with Crippen LogP contribution in [0, 0.1) is 0 Å². The standard InChI is InChI=1S/C21H22N6O2/c1-3-25(4-2)20(28)13-26-10-9-15-11-17(6-7-18(15)26)23-21(29)16-5-8-19-24-22-14-27(19)12-16/h5-12,14H,3-4,13H2,1-2H3,(H,23,29). The molecular formula is C21H22N6O2. The number of hydrogen-bond acceptors (Lipinski definition) is 4. The van der Waals surface area contributed by atoms with Crippen LogP contribution in [0.25, 0.3) is 16.6 Å². The van der Waals surface area contributed by atoms with Gasteiger partial charge in [-0.3, -0.25) is 14.0 Å². The molecule has 29 heavy (non-hydrogen) atoms. The zero-order valence-electron chi connectivity index (χ0n) is 16.4. The van der Waals surface area contributed by atoms with Crippen LogP contribution in [0.4, 0.5) is 5.69 Å². The van der Waals surface area contributed by atoms with Crippen molar-refractivity contribution in [2.75, 3.05) is 18.4 Å². The third kappa shape index (κ3) is 3.69. The van der Waals surface area contributed by atoms with Gasteiger partial charge in [-0.15, -0.1) is 10.2 Å². The van der Waals surface area contributed by atoms with Crippen LogP contribution in [0.15, 0.2) is 55.1 Å². The summed E-state index contributed by atoms with van der Waals surface area (Å²) in [5, 5.41) is 11.6. The molecule has 0 spiro atoms. The number of fused-ring (bicyclic) bond motifs is 2. The fourth-order valence-electron chi connectivity index (χ4n) is 3.40. The second-order valence-electron chi connectivity index (χ2n) is 6.75. The van der Waals surface area contributed by atoms with E-state index in [0.29, 0.717) is 36.5 Å². The highest BCUT2D eigenvalue weighted by Crippen LogP contribution is 2.21. The summed E-state index contributed by atoms with van der Waals surface area (Å²) < 4.78 is 3.63. The largest absolute Gasteiger partial charge is 0.342 e. The van der Waals surface area contributed by atoms with Gasteiger partial charge in [-0.25, -0.2) is 0 Å². The van der Waals surface area contributed by atoms with Crippen LogP contribution in [-0.4, -0.2) is 49.0 Å². The Bertz CT molecular complexity index is 1190. The molecule has 0 radical (unpaired) electrons. The first kappa shape index (κ1) is 18.7. The molecule has 0 saturated carbocycles. The summed E-state index contributed by atoms with van der Waals surface area (Å²) in [6.45, 7) is 5.66. The molecule has 148 valence electrons. The lowest BCUT2D eigenvalue weighted by molar-refractivity contribution is -0.131. The summed E-state index contributed by atoms with van der Waals surface area (Å²) in [7, 11) is 0. The molecule has 4 aromatic rings. The summed E-state index contributed by atoms with van der Waals surface area (Å²) in [5.74, 6) is -0.120. The van der Waals surface area contributed by atoms with Crippen LogP contribution < -0.4 is 5.32 Å². The van der Waals surface area contributed by atoms with Crippen molar-refractivity contribution < 1.29 is 9.59 Å². The number of rotatable bonds is 6. The van der Waals surface area contributed by atoms with Gasteiger partial charge in [-0.05, 0) is 50.2 Å². The normalized spacial score (nSPS) is 11.1. The van der Waals surface area contributed by atoms with Gasteiger partial charge in [0.15, 0.2) is 5.65 Å². The molecule has 0 aliphatic heterocycles. The van der Waals surface area contributed by atoms with Gasteiger partial charge in [0, 0.05) is 42.1 Å². The molecule has 8 nitrogen and oxygen atoms in total. The summed E-state index contributed by atoms with van der Waals surface area (Å²) >= 11 is 0. The van der Waals surface area contributed by atoms with Gasteiger partial charge in [-0.2, -0.15) is 0 Å². The highest BCUT2D eigenvalue weighted by Gasteiger charge is 2.13. The molecule has 0 bridgehead atoms. The lowest BCUT2D eigenvalue weighted by Gasteiger charge is -2.19. The van der Waals surface area contributed by atoms with Gasteiger partial charge in [0.1, 0.15) is 12.9 Å². The molecule has 1 N–H and O–H groups in total. The van der Waals surface area contributed by atoms with E-state index in [-0.39, 0.29) is 11.8 Å². The van der Waals surface area contributed by atoms with Crippen LogP contribution >= 0.6 is 0 Å². The van der Waals surface area contributed by atoms with Gasteiger partial charge in [0.05, 0.1) is 5.56 Å². The van der Waals surface area contributed by atoms with E-state index in [2.05, 4.69) is 15.5 Å². The van der Waals surface area contributed by atoms with Crippen molar-refractivity contribution in [1.29, 1.82) is 0 Å². The number of carbonyl (C=O) groups excluding carboxylic acids is 2. The number of pyridine rings is 1. The Morgan fingerprint density at radius 2 is 1.93 bits per heavy atom. The van der Waals surface area contributed by atoms with Gasteiger partial charge in [-0.1, -0.05) is 0 Å². The molecule has 0 aliphatic carbocycles. The van der Waals surface area contributed by atoms with Crippen molar-refractivity contribution in [2.24, 2.45) is 0 Å². The zero-order valence-corrected chi connectivity index (χ0v) is 16.4. The fourth-order valence-corrected chi connectivity index (χ4v) is 3.40. The van der Waals surface area contributed by atoms with Crippen molar-refractivity contribution >= 4 is 34.1 Å². The van der Waals surface area contributed by atoms with E-state index in [0.717, 1.165) is 10.9 Å². The van der Waals surface area contributed by atoms with Crippen LogP contribution in [-0.2, 0) is 11.3 Å². The molecule has 3 heterocycles. The topological polar surface area (TPSA) is 84.5 Å². The Morgan fingerprint density at radius 3 is 2.72 bits per heavy atom. The molecule has 0 saturated heterocycles. The summed E-state index contributed by atoms with van der Waals surface area (Å²) in [5.41, 5.74) is 2.84. The zero-order chi connectivity index (χ0) is 20.4. The Morgan fingerprint density at radius 1 is 1.10 bits per heavy atom. The monoisotopic (exact) mass is 390 g/mol. The Hall–Kier alpha value is -3.68. The Kier molecular flexibility index (Phi) is 4.99. The number of amides is 2. The predicted octanol–water partition coefficient (Wildman–Crippen LogP) is 2.80. The first-order valence-electron chi connectivity index (χ1n) is 9.56. The van der Waals surface area contributed by atoms with Crippen LogP contribution in [0.1, 0.15) is 24.2 Å². The highest BCUT2D eigenvalue weighted by atomic mass is 16.2. The molecule has 2 amide bonds. The molecule has 0 atom stereocenters. The summed E-state index contributed by atoms with van der Waals surface area (Å²) in [4.78, 5) is 26.8. The molecule has 0 fully saturated rings. The number of nitrogens with zero attached hydrogens (tertiary/aromatic N) is 5. The van der Waals surface area contributed by atoms with Crippen LogP contribution in [0.3, 0.4) is 0 Å². The van der Waals surface area contributed by atoms with Crippen molar-refractivity contribution in [3.63, 3.8) is 0 Å². The minimum atomic E-state index is -0.212. The fraction of sp³-hybridized carbons (Fsp3) is 0.238. The lowest BCUT2D eigenvalue weighted by atomic mass is 10.2. The minimum Gasteiger partial charge on any atom is -0.342 e. The van der Waals surface area contributed by atoms with E-state index < -0.39 is 0 Å². The van der Waals surface area contributed by atoms with Crippen molar-refractivity contribution in [2.45, 2.75) is 20.4 Å². The molecule has 3 aromatic heterocycles. The number of nitrogens with one attached hydrogen (secondary N) is 1. The summed E-state index contributed by atoms with van der Waals surface area (Å²) in [6.07, 6.45) is 5.15. The number of aromatic nitrogens is 4.